The molecule has 0 radical (unpaired) electrons. The third kappa shape index (κ3) is 3.59. The van der Waals surface area contributed by atoms with E-state index in [-0.39, 0.29) is 24.3 Å². The Morgan fingerprint density at radius 3 is 2.00 bits per heavy atom. The van der Waals surface area contributed by atoms with Crippen molar-refractivity contribution in [1.82, 2.24) is 0 Å². The van der Waals surface area contributed by atoms with Crippen LogP contribution in [0.3, 0.4) is 0 Å². The van der Waals surface area contributed by atoms with Crippen molar-refractivity contribution >= 4 is 11.9 Å². The molecular formula is C12H14O7. The van der Waals surface area contributed by atoms with Crippen LogP contribution in [-0.4, -0.2) is 35.4 Å². The number of phenolic OH excluding ortho intramolecular Hbond substituents is 2. The molecular weight excluding hydrogens is 256 g/mol. The number of ether oxygens (including phenoxy) is 1. The van der Waals surface area contributed by atoms with E-state index in [0.29, 0.717) is 0 Å². The first-order valence-electron chi connectivity index (χ1n) is 5.58. The second kappa shape index (κ2) is 6.60. The fraction of sp³-hybridized carbons (Fsp3) is 0.333. The van der Waals surface area contributed by atoms with E-state index >= 15 is 0 Å². The summed E-state index contributed by atoms with van der Waals surface area (Å²) in [4.78, 5) is 31.6. The minimum atomic E-state index is -0.981. The average Bonchev–Trinajstić information content (AvgIpc) is 2.38. The van der Waals surface area contributed by atoms with Gasteiger partial charge in [-0.2, -0.15) is 4.89 Å². The molecule has 0 spiro atoms. The lowest BCUT2D eigenvalue weighted by Gasteiger charge is -2.08. The molecule has 2 N–H and O–H groups in total. The van der Waals surface area contributed by atoms with E-state index in [1.807, 2.05) is 0 Å². The van der Waals surface area contributed by atoms with Gasteiger partial charge in [-0.05, 0) is 26.0 Å². The molecule has 7 heteroatoms. The maximum Gasteiger partial charge on any atom is 0.376 e. The summed E-state index contributed by atoms with van der Waals surface area (Å²) in [6.07, 6.45) is 0. The number of esters is 1. The van der Waals surface area contributed by atoms with Gasteiger partial charge in [0.1, 0.15) is 22.6 Å². The van der Waals surface area contributed by atoms with Crippen LogP contribution in [0.25, 0.3) is 0 Å². The summed E-state index contributed by atoms with van der Waals surface area (Å²) in [5, 5.41) is 19.3. The van der Waals surface area contributed by atoms with E-state index in [1.165, 1.54) is 0 Å². The van der Waals surface area contributed by atoms with Crippen LogP contribution in [0.5, 0.6) is 11.5 Å². The van der Waals surface area contributed by atoms with Crippen molar-refractivity contribution in [3.05, 3.63) is 23.3 Å². The van der Waals surface area contributed by atoms with Crippen LogP contribution in [0.2, 0.25) is 0 Å². The first-order chi connectivity index (χ1) is 9.01. The van der Waals surface area contributed by atoms with Crippen molar-refractivity contribution in [2.75, 3.05) is 13.2 Å². The van der Waals surface area contributed by atoms with Crippen LogP contribution >= 0.6 is 0 Å². The van der Waals surface area contributed by atoms with Gasteiger partial charge in [-0.3, -0.25) is 4.89 Å². The fourth-order valence-electron chi connectivity index (χ4n) is 1.27. The largest absolute Gasteiger partial charge is 0.507 e. The molecule has 0 fully saturated rings. The Morgan fingerprint density at radius 2 is 1.53 bits per heavy atom. The smallest absolute Gasteiger partial charge is 0.376 e. The highest BCUT2D eigenvalue weighted by Gasteiger charge is 2.21. The summed E-state index contributed by atoms with van der Waals surface area (Å²) in [5.41, 5.74) is -0.564. The minimum Gasteiger partial charge on any atom is -0.507 e. The molecule has 0 saturated carbocycles. The standard InChI is InChI=1S/C12H14O7/c1-3-17-11(15)7-5-10(14)8(6-9(7)13)12(16)19-18-4-2/h5-6,13-14H,3-4H2,1-2H3. The summed E-state index contributed by atoms with van der Waals surface area (Å²) in [7, 11) is 0. The molecule has 0 heterocycles. The van der Waals surface area contributed by atoms with Crippen LogP contribution in [0.4, 0.5) is 0 Å². The quantitative estimate of drug-likeness (QED) is 0.360. The van der Waals surface area contributed by atoms with Gasteiger partial charge in [-0.25, -0.2) is 9.59 Å². The van der Waals surface area contributed by atoms with Crippen molar-refractivity contribution < 1.29 is 34.3 Å². The van der Waals surface area contributed by atoms with E-state index < -0.39 is 23.4 Å². The molecule has 19 heavy (non-hydrogen) atoms. The SMILES string of the molecule is CCOOC(=O)c1cc(O)c(C(=O)OCC)cc1O. The minimum absolute atomic E-state index is 0.118. The summed E-state index contributed by atoms with van der Waals surface area (Å²) in [6.45, 7) is 3.46. The zero-order valence-corrected chi connectivity index (χ0v) is 10.5. The Hall–Kier alpha value is -2.28. The van der Waals surface area contributed by atoms with Gasteiger partial charge in [0, 0.05) is 0 Å². The Labute approximate surface area is 109 Å². The highest BCUT2D eigenvalue weighted by molar-refractivity contribution is 5.98. The van der Waals surface area contributed by atoms with Crippen LogP contribution in [0.15, 0.2) is 12.1 Å². The van der Waals surface area contributed by atoms with Crippen LogP contribution in [0.1, 0.15) is 34.6 Å². The summed E-state index contributed by atoms with van der Waals surface area (Å²) >= 11 is 0. The number of aromatic hydroxyl groups is 2. The number of hydrogen-bond donors (Lipinski definition) is 2. The normalized spacial score (nSPS) is 10.0. The maximum atomic E-state index is 11.4. The lowest BCUT2D eigenvalue weighted by atomic mass is 10.1. The van der Waals surface area contributed by atoms with Crippen molar-refractivity contribution in [2.45, 2.75) is 13.8 Å². The number of phenols is 2. The van der Waals surface area contributed by atoms with E-state index in [9.17, 15) is 19.8 Å². The third-order valence-corrected chi connectivity index (χ3v) is 2.08. The van der Waals surface area contributed by atoms with E-state index in [0.717, 1.165) is 12.1 Å². The van der Waals surface area contributed by atoms with Crippen molar-refractivity contribution in [3.8, 4) is 11.5 Å². The Morgan fingerprint density at radius 1 is 1.00 bits per heavy atom. The number of carbonyl (C=O) groups is 2. The van der Waals surface area contributed by atoms with E-state index in [2.05, 4.69) is 14.5 Å². The highest BCUT2D eigenvalue weighted by atomic mass is 17.2. The molecule has 0 unspecified atom stereocenters. The molecule has 0 atom stereocenters. The van der Waals surface area contributed by atoms with Crippen molar-refractivity contribution in [1.29, 1.82) is 0 Å². The second-order valence-electron chi connectivity index (χ2n) is 3.38. The molecule has 1 aromatic carbocycles. The van der Waals surface area contributed by atoms with Crippen molar-refractivity contribution in [3.63, 3.8) is 0 Å². The molecule has 7 nitrogen and oxygen atoms in total. The molecule has 1 rings (SSSR count). The van der Waals surface area contributed by atoms with Gasteiger partial charge in [0.25, 0.3) is 0 Å². The summed E-state index contributed by atoms with van der Waals surface area (Å²) in [6, 6.07) is 1.83. The van der Waals surface area contributed by atoms with Gasteiger partial charge in [-0.1, -0.05) is 0 Å². The molecule has 0 saturated heterocycles. The summed E-state index contributed by atoms with van der Waals surface area (Å²) < 4.78 is 4.68. The predicted molar refractivity (Wildman–Crippen MR) is 62.8 cm³/mol. The molecule has 0 aliphatic carbocycles. The Kier molecular flexibility index (Phi) is 5.13. The first kappa shape index (κ1) is 14.8. The van der Waals surface area contributed by atoms with E-state index in [4.69, 9.17) is 0 Å². The number of benzene rings is 1. The molecule has 1 aromatic rings. The van der Waals surface area contributed by atoms with Crippen LogP contribution in [-0.2, 0) is 14.5 Å². The molecule has 0 aliphatic heterocycles. The molecule has 0 aliphatic rings. The molecule has 0 bridgehead atoms. The van der Waals surface area contributed by atoms with E-state index in [1.54, 1.807) is 13.8 Å². The first-order valence-corrected chi connectivity index (χ1v) is 5.58. The zero-order chi connectivity index (χ0) is 14.4. The number of carbonyl (C=O) groups excluding carboxylic acids is 2. The van der Waals surface area contributed by atoms with Gasteiger partial charge in [0.2, 0.25) is 0 Å². The molecule has 0 amide bonds. The predicted octanol–water partition coefficient (Wildman–Crippen LogP) is 1.38. The van der Waals surface area contributed by atoms with Crippen molar-refractivity contribution in [2.24, 2.45) is 0 Å². The lowest BCUT2D eigenvalue weighted by molar-refractivity contribution is -0.237. The maximum absolute atomic E-state index is 11.4. The van der Waals surface area contributed by atoms with Gasteiger partial charge < -0.3 is 14.9 Å². The zero-order valence-electron chi connectivity index (χ0n) is 10.5. The van der Waals surface area contributed by atoms with Gasteiger partial charge in [-0.15, -0.1) is 0 Å². The van der Waals surface area contributed by atoms with Gasteiger partial charge in [0.15, 0.2) is 0 Å². The third-order valence-electron chi connectivity index (χ3n) is 2.08. The highest BCUT2D eigenvalue weighted by Crippen LogP contribution is 2.28. The molecule has 0 aromatic heterocycles. The fourth-order valence-corrected chi connectivity index (χ4v) is 1.27. The van der Waals surface area contributed by atoms with Crippen LogP contribution < -0.4 is 0 Å². The second-order valence-corrected chi connectivity index (χ2v) is 3.38. The number of rotatable bonds is 5. The monoisotopic (exact) mass is 270 g/mol. The number of hydrogen-bond acceptors (Lipinski definition) is 7. The Bertz CT molecular complexity index is 481. The van der Waals surface area contributed by atoms with Gasteiger partial charge in [0.05, 0.1) is 13.2 Å². The van der Waals surface area contributed by atoms with Gasteiger partial charge >= 0.3 is 11.9 Å². The topological polar surface area (TPSA) is 102 Å². The summed E-state index contributed by atoms with van der Waals surface area (Å²) in [5.74, 6) is -2.81. The lowest BCUT2D eigenvalue weighted by Crippen LogP contribution is -2.09. The Balaban J connectivity index is 3.03. The molecule has 104 valence electrons. The average molecular weight is 270 g/mol. The van der Waals surface area contributed by atoms with Crippen LogP contribution in [0, 0.1) is 0 Å².